The Morgan fingerprint density at radius 3 is 2.78 bits per heavy atom. The van der Waals surface area contributed by atoms with E-state index in [0.717, 1.165) is 10.8 Å². The van der Waals surface area contributed by atoms with Gasteiger partial charge in [0.15, 0.2) is 5.13 Å². The molecule has 5 nitrogen and oxygen atoms in total. The highest BCUT2D eigenvalue weighted by Crippen LogP contribution is 2.26. The molecule has 6 heteroatoms. The van der Waals surface area contributed by atoms with Crippen LogP contribution in [0, 0.1) is 0 Å². The summed E-state index contributed by atoms with van der Waals surface area (Å²) in [4.78, 5) is 6.34. The molecule has 2 rings (SSSR count). The normalized spacial score (nSPS) is 11.4. The minimum atomic E-state index is 0.215. The predicted octanol–water partition coefficient (Wildman–Crippen LogP) is 2.42. The number of benzene rings is 1. The minimum Gasteiger partial charge on any atom is -0.409 e. The Labute approximate surface area is 109 Å². The standard InChI is InChI=1S/C12H14N4OS/c13-11(15-17)6-8-16(12-14-7-9-18-12)10-4-2-1-3-5-10/h1-5,7,9,17H,6,8H2,(H2,13,15). The zero-order valence-corrected chi connectivity index (χ0v) is 10.5. The van der Waals surface area contributed by atoms with Crippen molar-refractivity contribution in [1.29, 1.82) is 0 Å². The van der Waals surface area contributed by atoms with Gasteiger partial charge in [-0.2, -0.15) is 0 Å². The van der Waals surface area contributed by atoms with E-state index in [1.165, 1.54) is 0 Å². The first kappa shape index (κ1) is 12.4. The van der Waals surface area contributed by atoms with Crippen LogP contribution in [0.15, 0.2) is 47.1 Å². The molecule has 1 heterocycles. The van der Waals surface area contributed by atoms with Gasteiger partial charge in [-0.15, -0.1) is 11.3 Å². The van der Waals surface area contributed by atoms with Crippen molar-refractivity contribution in [2.75, 3.05) is 11.4 Å². The number of anilines is 2. The molecule has 0 saturated carbocycles. The van der Waals surface area contributed by atoms with Gasteiger partial charge in [-0.1, -0.05) is 23.4 Å². The van der Waals surface area contributed by atoms with Crippen LogP contribution in [-0.2, 0) is 0 Å². The van der Waals surface area contributed by atoms with Crippen molar-refractivity contribution in [2.24, 2.45) is 10.9 Å². The number of para-hydroxylation sites is 1. The SMILES string of the molecule is N/C(CCN(c1ccccc1)c1nccs1)=N\O. The van der Waals surface area contributed by atoms with Crippen LogP contribution in [0.4, 0.5) is 10.8 Å². The van der Waals surface area contributed by atoms with Gasteiger partial charge in [-0.3, -0.25) is 0 Å². The molecule has 3 N–H and O–H groups in total. The number of amidine groups is 1. The fourth-order valence-electron chi connectivity index (χ4n) is 1.57. The number of aromatic nitrogens is 1. The maximum atomic E-state index is 8.58. The van der Waals surface area contributed by atoms with Gasteiger partial charge >= 0.3 is 0 Å². The predicted molar refractivity (Wildman–Crippen MR) is 73.6 cm³/mol. The molecule has 2 aromatic rings. The molecular formula is C12H14N4OS. The fourth-order valence-corrected chi connectivity index (χ4v) is 2.26. The second-order valence-corrected chi connectivity index (χ2v) is 4.52. The summed E-state index contributed by atoms with van der Waals surface area (Å²) in [6.45, 7) is 0.618. The third kappa shape index (κ3) is 2.98. The zero-order valence-electron chi connectivity index (χ0n) is 9.73. The van der Waals surface area contributed by atoms with Crippen LogP contribution in [-0.4, -0.2) is 22.6 Å². The lowest BCUT2D eigenvalue weighted by atomic mass is 10.3. The van der Waals surface area contributed by atoms with Crippen molar-refractivity contribution >= 4 is 28.0 Å². The van der Waals surface area contributed by atoms with E-state index in [1.54, 1.807) is 17.5 Å². The van der Waals surface area contributed by atoms with E-state index in [1.807, 2.05) is 40.6 Å². The Balaban J connectivity index is 2.19. The molecule has 0 saturated heterocycles. The molecule has 0 aliphatic carbocycles. The summed E-state index contributed by atoms with van der Waals surface area (Å²) in [7, 11) is 0. The van der Waals surface area contributed by atoms with Gasteiger partial charge in [-0.25, -0.2) is 4.98 Å². The molecular weight excluding hydrogens is 248 g/mol. The van der Waals surface area contributed by atoms with Crippen LogP contribution >= 0.6 is 11.3 Å². The summed E-state index contributed by atoms with van der Waals surface area (Å²) >= 11 is 1.56. The molecule has 0 aliphatic heterocycles. The first-order chi connectivity index (χ1) is 8.81. The molecule has 0 unspecified atom stereocenters. The molecule has 1 aromatic heterocycles. The van der Waals surface area contributed by atoms with Crippen molar-refractivity contribution in [3.8, 4) is 0 Å². The summed E-state index contributed by atoms with van der Waals surface area (Å²) in [6.07, 6.45) is 2.24. The molecule has 0 aliphatic rings. The van der Waals surface area contributed by atoms with Crippen LogP contribution in [0.3, 0.4) is 0 Å². The Hall–Kier alpha value is -2.08. The van der Waals surface area contributed by atoms with Gasteiger partial charge < -0.3 is 15.8 Å². The number of thiazole rings is 1. The third-order valence-corrected chi connectivity index (χ3v) is 3.23. The Morgan fingerprint density at radius 2 is 2.17 bits per heavy atom. The van der Waals surface area contributed by atoms with E-state index in [-0.39, 0.29) is 5.84 Å². The monoisotopic (exact) mass is 262 g/mol. The van der Waals surface area contributed by atoms with E-state index in [2.05, 4.69) is 10.1 Å². The summed E-state index contributed by atoms with van der Waals surface area (Å²) < 4.78 is 0. The highest BCUT2D eigenvalue weighted by Gasteiger charge is 2.11. The second kappa shape index (κ2) is 6.02. The highest BCUT2D eigenvalue weighted by molar-refractivity contribution is 7.13. The fraction of sp³-hybridized carbons (Fsp3) is 0.167. The summed E-state index contributed by atoms with van der Waals surface area (Å²) in [5.74, 6) is 0.215. The third-order valence-electron chi connectivity index (χ3n) is 2.44. The van der Waals surface area contributed by atoms with E-state index >= 15 is 0 Å². The molecule has 94 valence electrons. The first-order valence-corrected chi connectivity index (χ1v) is 6.37. The Kier molecular flexibility index (Phi) is 4.14. The number of oxime groups is 1. The maximum absolute atomic E-state index is 8.58. The van der Waals surface area contributed by atoms with Crippen molar-refractivity contribution < 1.29 is 5.21 Å². The van der Waals surface area contributed by atoms with Crippen LogP contribution in [0.1, 0.15) is 6.42 Å². The zero-order chi connectivity index (χ0) is 12.8. The minimum absolute atomic E-state index is 0.215. The quantitative estimate of drug-likeness (QED) is 0.375. The number of hydrogen-bond acceptors (Lipinski definition) is 5. The maximum Gasteiger partial charge on any atom is 0.189 e. The molecule has 0 spiro atoms. The van der Waals surface area contributed by atoms with Crippen LogP contribution < -0.4 is 10.6 Å². The number of nitrogens with zero attached hydrogens (tertiary/aromatic N) is 3. The van der Waals surface area contributed by atoms with Gasteiger partial charge in [0.05, 0.1) is 0 Å². The molecule has 1 aromatic carbocycles. The lowest BCUT2D eigenvalue weighted by molar-refractivity contribution is 0.317. The lowest BCUT2D eigenvalue weighted by Crippen LogP contribution is -2.24. The van der Waals surface area contributed by atoms with Gasteiger partial charge in [0.25, 0.3) is 0 Å². The van der Waals surface area contributed by atoms with Gasteiger partial charge in [0.1, 0.15) is 5.84 Å². The van der Waals surface area contributed by atoms with Crippen LogP contribution in [0.2, 0.25) is 0 Å². The summed E-state index contributed by atoms with van der Waals surface area (Å²) in [5.41, 5.74) is 6.55. The van der Waals surface area contributed by atoms with Gasteiger partial charge in [-0.05, 0) is 12.1 Å². The molecule has 0 radical (unpaired) electrons. The van der Waals surface area contributed by atoms with Crippen molar-refractivity contribution in [2.45, 2.75) is 6.42 Å². The smallest absolute Gasteiger partial charge is 0.189 e. The van der Waals surface area contributed by atoms with Crippen molar-refractivity contribution in [3.63, 3.8) is 0 Å². The average molecular weight is 262 g/mol. The van der Waals surface area contributed by atoms with Crippen molar-refractivity contribution in [1.82, 2.24) is 4.98 Å². The molecule has 0 atom stereocenters. The average Bonchev–Trinajstić information content (AvgIpc) is 2.94. The number of hydrogen-bond donors (Lipinski definition) is 2. The lowest BCUT2D eigenvalue weighted by Gasteiger charge is -2.21. The summed E-state index contributed by atoms with van der Waals surface area (Å²) in [5, 5.41) is 14.4. The second-order valence-electron chi connectivity index (χ2n) is 3.64. The number of nitrogens with two attached hydrogens (primary N) is 1. The Bertz CT molecular complexity index is 498. The van der Waals surface area contributed by atoms with E-state index in [4.69, 9.17) is 10.9 Å². The molecule has 0 bridgehead atoms. The van der Waals surface area contributed by atoms with E-state index in [9.17, 15) is 0 Å². The number of rotatable bonds is 5. The van der Waals surface area contributed by atoms with Crippen LogP contribution in [0.5, 0.6) is 0 Å². The molecule has 18 heavy (non-hydrogen) atoms. The highest BCUT2D eigenvalue weighted by atomic mass is 32.1. The topological polar surface area (TPSA) is 74.7 Å². The Morgan fingerprint density at radius 1 is 1.39 bits per heavy atom. The molecule has 0 amide bonds. The van der Waals surface area contributed by atoms with Gasteiger partial charge in [0.2, 0.25) is 0 Å². The van der Waals surface area contributed by atoms with Crippen LogP contribution in [0.25, 0.3) is 0 Å². The largest absolute Gasteiger partial charge is 0.409 e. The molecule has 0 fully saturated rings. The van der Waals surface area contributed by atoms with Crippen molar-refractivity contribution in [3.05, 3.63) is 41.9 Å². The van der Waals surface area contributed by atoms with E-state index in [0.29, 0.717) is 13.0 Å². The first-order valence-electron chi connectivity index (χ1n) is 5.49. The van der Waals surface area contributed by atoms with E-state index < -0.39 is 0 Å². The summed E-state index contributed by atoms with van der Waals surface area (Å²) in [6, 6.07) is 9.92. The van der Waals surface area contributed by atoms with Gasteiger partial charge in [0, 0.05) is 30.2 Å².